The minimum atomic E-state index is 0.231. The summed E-state index contributed by atoms with van der Waals surface area (Å²) >= 11 is 0. The van der Waals surface area contributed by atoms with Crippen LogP contribution in [0.15, 0.2) is 36.9 Å². The van der Waals surface area contributed by atoms with Crippen LogP contribution in [-0.2, 0) is 0 Å². The van der Waals surface area contributed by atoms with Gasteiger partial charge in [-0.3, -0.25) is 0 Å². The van der Waals surface area contributed by atoms with E-state index >= 15 is 0 Å². The average Bonchev–Trinajstić information content (AvgIpc) is 2.54. The van der Waals surface area contributed by atoms with Crippen LogP contribution in [0.5, 0.6) is 0 Å². The van der Waals surface area contributed by atoms with E-state index in [4.69, 9.17) is 6.42 Å². The molecule has 1 atom stereocenters. The molecule has 0 bridgehead atoms. The summed E-state index contributed by atoms with van der Waals surface area (Å²) in [5.41, 5.74) is 4.23. The Kier molecular flexibility index (Phi) is 7.17. The molecule has 1 aromatic carbocycles. The van der Waals surface area contributed by atoms with Crippen molar-refractivity contribution >= 4 is 11.3 Å². The maximum Gasteiger partial charge on any atom is 0.0501 e. The number of anilines is 1. The maximum atomic E-state index is 5.75. The SMILES string of the molecule is C#Cc1cc(C(=C)/C=C\C)ccc1NC(CCC)C(C)(C)CC. The van der Waals surface area contributed by atoms with Crippen LogP contribution < -0.4 is 5.32 Å². The second-order valence-electron chi connectivity index (χ2n) is 6.76. The van der Waals surface area contributed by atoms with Gasteiger partial charge in [-0.1, -0.05) is 64.8 Å². The van der Waals surface area contributed by atoms with Crippen LogP contribution in [0, 0.1) is 17.8 Å². The van der Waals surface area contributed by atoms with Crippen LogP contribution in [0.4, 0.5) is 5.69 Å². The van der Waals surface area contributed by atoms with E-state index in [1.165, 1.54) is 0 Å². The summed E-state index contributed by atoms with van der Waals surface area (Å²) < 4.78 is 0. The molecular weight excluding hydrogens is 278 g/mol. The van der Waals surface area contributed by atoms with Crippen LogP contribution in [0.2, 0.25) is 0 Å². The number of benzene rings is 1. The Morgan fingerprint density at radius 3 is 2.61 bits per heavy atom. The molecule has 23 heavy (non-hydrogen) atoms. The standard InChI is InChI=1S/C22H31N/c1-8-12-17(5)19-14-15-20(18(10-3)16-19)23-21(13-9-2)22(6,7)11-4/h3,8,12,14-16,21,23H,5,9,11,13H2,1-2,4,6-7H3/b12-8-. The average molecular weight is 309 g/mol. The molecule has 0 heterocycles. The van der Waals surface area contributed by atoms with Crippen molar-refractivity contribution in [1.82, 2.24) is 0 Å². The lowest BCUT2D eigenvalue weighted by atomic mass is 9.79. The number of allylic oxidation sites excluding steroid dienone is 3. The lowest BCUT2D eigenvalue weighted by molar-refractivity contribution is 0.278. The summed E-state index contributed by atoms with van der Waals surface area (Å²) in [5.74, 6) is 2.82. The zero-order chi connectivity index (χ0) is 17.5. The van der Waals surface area contributed by atoms with Crippen molar-refractivity contribution in [2.45, 2.75) is 59.9 Å². The second-order valence-corrected chi connectivity index (χ2v) is 6.76. The van der Waals surface area contributed by atoms with E-state index in [1.807, 2.05) is 25.1 Å². The zero-order valence-corrected chi connectivity index (χ0v) is 15.4. The molecule has 124 valence electrons. The van der Waals surface area contributed by atoms with Gasteiger partial charge >= 0.3 is 0 Å². The van der Waals surface area contributed by atoms with Gasteiger partial charge in [0.2, 0.25) is 0 Å². The highest BCUT2D eigenvalue weighted by Crippen LogP contribution is 2.32. The van der Waals surface area contributed by atoms with Gasteiger partial charge < -0.3 is 5.32 Å². The van der Waals surface area contributed by atoms with Crippen molar-refractivity contribution in [1.29, 1.82) is 0 Å². The van der Waals surface area contributed by atoms with E-state index in [0.717, 1.165) is 41.6 Å². The topological polar surface area (TPSA) is 12.0 Å². The third-order valence-electron chi connectivity index (χ3n) is 4.68. The smallest absolute Gasteiger partial charge is 0.0501 e. The lowest BCUT2D eigenvalue weighted by Gasteiger charge is -2.35. The first-order chi connectivity index (χ1) is 10.9. The molecule has 0 aliphatic carbocycles. The molecule has 0 radical (unpaired) electrons. The van der Waals surface area contributed by atoms with Gasteiger partial charge in [-0.05, 0) is 48.4 Å². The molecule has 0 aliphatic heterocycles. The van der Waals surface area contributed by atoms with Gasteiger partial charge in [0, 0.05) is 11.6 Å². The van der Waals surface area contributed by atoms with E-state index in [1.54, 1.807) is 0 Å². The first kappa shape index (κ1) is 19.1. The summed E-state index contributed by atoms with van der Waals surface area (Å²) in [4.78, 5) is 0. The molecule has 0 saturated carbocycles. The van der Waals surface area contributed by atoms with E-state index in [2.05, 4.69) is 57.6 Å². The van der Waals surface area contributed by atoms with Gasteiger partial charge in [0.25, 0.3) is 0 Å². The molecule has 0 aliphatic rings. The fourth-order valence-electron chi connectivity index (χ4n) is 2.67. The van der Waals surface area contributed by atoms with Crippen molar-refractivity contribution in [3.63, 3.8) is 0 Å². The first-order valence-corrected chi connectivity index (χ1v) is 8.58. The molecule has 0 spiro atoms. The summed E-state index contributed by atoms with van der Waals surface area (Å²) in [5, 5.41) is 3.70. The Bertz CT molecular complexity index is 599. The fourth-order valence-corrected chi connectivity index (χ4v) is 2.67. The molecular formula is C22H31N. The number of terminal acetylenes is 1. The van der Waals surface area contributed by atoms with Gasteiger partial charge in [0.15, 0.2) is 0 Å². The van der Waals surface area contributed by atoms with Gasteiger partial charge in [0.1, 0.15) is 0 Å². The number of hydrogen-bond donors (Lipinski definition) is 1. The lowest BCUT2D eigenvalue weighted by Crippen LogP contribution is -2.36. The Morgan fingerprint density at radius 1 is 1.39 bits per heavy atom. The summed E-state index contributed by atoms with van der Waals surface area (Å²) in [6.45, 7) is 15.2. The molecule has 1 rings (SSSR count). The van der Waals surface area contributed by atoms with Crippen molar-refractivity contribution < 1.29 is 0 Å². The highest BCUT2D eigenvalue weighted by atomic mass is 14.9. The Hall–Kier alpha value is -1.94. The third-order valence-corrected chi connectivity index (χ3v) is 4.68. The Morgan fingerprint density at radius 2 is 2.09 bits per heavy atom. The minimum absolute atomic E-state index is 0.231. The molecule has 0 fully saturated rings. The molecule has 1 nitrogen and oxygen atoms in total. The second kappa shape index (κ2) is 8.63. The molecule has 1 aromatic rings. The minimum Gasteiger partial charge on any atom is -0.381 e. The van der Waals surface area contributed by atoms with Gasteiger partial charge in [-0.2, -0.15) is 0 Å². The van der Waals surface area contributed by atoms with Crippen molar-refractivity contribution in [2.24, 2.45) is 5.41 Å². The van der Waals surface area contributed by atoms with E-state index in [-0.39, 0.29) is 5.41 Å². The van der Waals surface area contributed by atoms with E-state index < -0.39 is 0 Å². The zero-order valence-electron chi connectivity index (χ0n) is 15.4. The third kappa shape index (κ3) is 5.03. The normalized spacial score (nSPS) is 12.9. The fraction of sp³-hybridized carbons (Fsp3) is 0.455. The van der Waals surface area contributed by atoms with Crippen LogP contribution >= 0.6 is 0 Å². The van der Waals surface area contributed by atoms with Crippen LogP contribution in [0.1, 0.15) is 65.0 Å². The largest absolute Gasteiger partial charge is 0.381 e. The Labute approximate surface area is 142 Å². The molecule has 0 saturated heterocycles. The van der Waals surface area contributed by atoms with Crippen molar-refractivity contribution in [3.8, 4) is 12.3 Å². The van der Waals surface area contributed by atoms with E-state index in [9.17, 15) is 0 Å². The predicted molar refractivity (Wildman–Crippen MR) is 105 cm³/mol. The van der Waals surface area contributed by atoms with Gasteiger partial charge in [0.05, 0.1) is 5.69 Å². The summed E-state index contributed by atoms with van der Waals surface area (Å²) in [7, 11) is 0. The van der Waals surface area contributed by atoms with E-state index in [0.29, 0.717) is 6.04 Å². The number of hydrogen-bond acceptors (Lipinski definition) is 1. The van der Waals surface area contributed by atoms with Crippen molar-refractivity contribution in [2.75, 3.05) is 5.32 Å². The van der Waals surface area contributed by atoms with Gasteiger partial charge in [-0.15, -0.1) is 6.42 Å². The monoisotopic (exact) mass is 309 g/mol. The highest BCUT2D eigenvalue weighted by molar-refractivity contribution is 5.75. The van der Waals surface area contributed by atoms with Crippen molar-refractivity contribution in [3.05, 3.63) is 48.1 Å². The highest BCUT2D eigenvalue weighted by Gasteiger charge is 2.27. The summed E-state index contributed by atoms with van der Waals surface area (Å²) in [6.07, 6.45) is 13.2. The molecule has 1 unspecified atom stereocenters. The van der Waals surface area contributed by atoms with Crippen LogP contribution in [0.3, 0.4) is 0 Å². The predicted octanol–water partition coefficient (Wildman–Crippen LogP) is 6.27. The van der Waals surface area contributed by atoms with Gasteiger partial charge in [-0.25, -0.2) is 0 Å². The number of nitrogens with one attached hydrogen (secondary N) is 1. The molecule has 1 N–H and O–H groups in total. The van der Waals surface area contributed by atoms with Crippen LogP contribution in [-0.4, -0.2) is 6.04 Å². The molecule has 0 amide bonds. The van der Waals surface area contributed by atoms with Crippen LogP contribution in [0.25, 0.3) is 5.57 Å². The maximum absolute atomic E-state index is 5.75. The molecule has 1 heteroatoms. The molecule has 0 aromatic heterocycles. The first-order valence-electron chi connectivity index (χ1n) is 8.58. The summed E-state index contributed by atoms with van der Waals surface area (Å²) in [6, 6.07) is 6.64. The number of rotatable bonds is 8. The Balaban J connectivity index is 3.12. The quantitative estimate of drug-likeness (QED) is 0.440.